The van der Waals surface area contributed by atoms with Crippen molar-refractivity contribution in [2.75, 3.05) is 26.4 Å². The van der Waals surface area contributed by atoms with Gasteiger partial charge in [-0.05, 0) is 42.8 Å². The van der Waals surface area contributed by atoms with Gasteiger partial charge in [0.05, 0.1) is 10.6 Å². The largest absolute Gasteiger partial charge is 0.286 e. The van der Waals surface area contributed by atoms with E-state index in [2.05, 4.69) is 4.99 Å². The topological polar surface area (TPSA) is 70.0 Å². The number of hydrogen-bond donors (Lipinski definition) is 0. The molecule has 27 heavy (non-hydrogen) atoms. The average molecular weight is 404 g/mol. The Hall–Kier alpha value is -2.16. The highest BCUT2D eigenvalue weighted by atomic mass is 32.2. The predicted molar refractivity (Wildman–Crippen MR) is 109 cm³/mol. The van der Waals surface area contributed by atoms with Crippen LogP contribution < -0.4 is 0 Å². The van der Waals surface area contributed by atoms with E-state index in [1.807, 2.05) is 31.2 Å². The van der Waals surface area contributed by atoms with Crippen LogP contribution in [0.15, 0.2) is 58.4 Å². The lowest BCUT2D eigenvalue weighted by Crippen LogP contribution is -2.31. The molecule has 2 aromatic rings. The van der Waals surface area contributed by atoms with Crippen molar-refractivity contribution in [1.82, 2.24) is 9.21 Å². The van der Waals surface area contributed by atoms with Crippen LogP contribution in [0.3, 0.4) is 0 Å². The van der Waals surface area contributed by atoms with Crippen LogP contribution in [0.1, 0.15) is 15.9 Å². The fraction of sp³-hybridized carbons (Fsp3) is 0.263. The Morgan fingerprint density at radius 2 is 1.78 bits per heavy atom. The van der Waals surface area contributed by atoms with Crippen LogP contribution >= 0.6 is 11.8 Å². The minimum atomic E-state index is -3.51. The van der Waals surface area contributed by atoms with Gasteiger partial charge in [0.15, 0.2) is 5.17 Å². The van der Waals surface area contributed by atoms with E-state index in [0.717, 1.165) is 21.3 Å². The normalized spacial score (nSPS) is 16.3. The van der Waals surface area contributed by atoms with Gasteiger partial charge < -0.3 is 0 Å². The van der Waals surface area contributed by atoms with E-state index in [9.17, 15) is 13.2 Å². The maximum Gasteiger partial charge on any atom is 0.259 e. The van der Waals surface area contributed by atoms with Gasteiger partial charge in [-0.3, -0.25) is 9.69 Å². The summed E-state index contributed by atoms with van der Waals surface area (Å²) in [6.07, 6.45) is 0. The van der Waals surface area contributed by atoms with Crippen molar-refractivity contribution >= 4 is 38.5 Å². The molecule has 0 aromatic heterocycles. The standard InChI is InChI=1S/C19H21N3O3S2/c1-14-6-4-5-7-17(14)20-19-22(12-13-26-19)18(23)15-8-10-16(11-9-15)27(24,25)21(2)3/h4-11H,12-13H2,1-3H3. The molecule has 6 nitrogen and oxygen atoms in total. The molecule has 0 N–H and O–H groups in total. The Bertz CT molecular complexity index is 984. The molecule has 0 spiro atoms. The number of carbonyl (C=O) groups is 1. The second-order valence-electron chi connectivity index (χ2n) is 6.30. The quantitative estimate of drug-likeness (QED) is 0.786. The van der Waals surface area contributed by atoms with Crippen LogP contribution in [0.2, 0.25) is 0 Å². The van der Waals surface area contributed by atoms with Crippen LogP contribution in [-0.4, -0.2) is 55.1 Å². The van der Waals surface area contributed by atoms with E-state index in [4.69, 9.17) is 0 Å². The van der Waals surface area contributed by atoms with Gasteiger partial charge in [0.2, 0.25) is 10.0 Å². The number of amides is 1. The second-order valence-corrected chi connectivity index (χ2v) is 9.51. The maximum atomic E-state index is 12.9. The van der Waals surface area contributed by atoms with Crippen molar-refractivity contribution in [3.63, 3.8) is 0 Å². The molecule has 3 rings (SSSR count). The molecular formula is C19H21N3O3S2. The molecule has 2 aromatic carbocycles. The molecule has 1 fully saturated rings. The lowest BCUT2D eigenvalue weighted by atomic mass is 10.2. The first kappa shape index (κ1) is 19.6. The number of amidine groups is 1. The van der Waals surface area contributed by atoms with Gasteiger partial charge in [0.25, 0.3) is 5.91 Å². The molecule has 1 aliphatic rings. The molecular weight excluding hydrogens is 382 g/mol. The monoisotopic (exact) mass is 403 g/mol. The summed E-state index contributed by atoms with van der Waals surface area (Å²) >= 11 is 1.54. The second kappa shape index (κ2) is 7.84. The minimum Gasteiger partial charge on any atom is -0.286 e. The Morgan fingerprint density at radius 3 is 2.41 bits per heavy atom. The molecule has 0 aliphatic carbocycles. The van der Waals surface area contributed by atoms with Crippen molar-refractivity contribution in [2.24, 2.45) is 4.99 Å². The van der Waals surface area contributed by atoms with Gasteiger partial charge in [0.1, 0.15) is 0 Å². The van der Waals surface area contributed by atoms with E-state index >= 15 is 0 Å². The van der Waals surface area contributed by atoms with Gasteiger partial charge in [-0.25, -0.2) is 17.7 Å². The Morgan fingerprint density at radius 1 is 1.11 bits per heavy atom. The molecule has 1 aliphatic heterocycles. The first-order valence-corrected chi connectivity index (χ1v) is 10.8. The van der Waals surface area contributed by atoms with Crippen LogP contribution in [0.4, 0.5) is 5.69 Å². The van der Waals surface area contributed by atoms with Crippen molar-refractivity contribution in [3.05, 3.63) is 59.7 Å². The predicted octanol–water partition coefficient (Wildman–Crippen LogP) is 3.12. The van der Waals surface area contributed by atoms with E-state index in [0.29, 0.717) is 17.3 Å². The number of nitrogens with zero attached hydrogens (tertiary/aromatic N) is 3. The molecule has 1 saturated heterocycles. The third-order valence-electron chi connectivity index (χ3n) is 4.23. The first-order valence-electron chi connectivity index (χ1n) is 8.42. The highest BCUT2D eigenvalue weighted by molar-refractivity contribution is 8.14. The van der Waals surface area contributed by atoms with E-state index in [1.54, 1.807) is 28.8 Å². The lowest BCUT2D eigenvalue weighted by molar-refractivity contribution is 0.0859. The number of carbonyl (C=O) groups excluding carboxylic acids is 1. The zero-order valence-corrected chi connectivity index (χ0v) is 17.0. The molecule has 0 radical (unpaired) electrons. The molecule has 8 heteroatoms. The fourth-order valence-corrected chi connectivity index (χ4v) is 4.46. The number of sulfonamides is 1. The fourth-order valence-electron chi connectivity index (χ4n) is 2.61. The molecule has 0 unspecified atom stereocenters. The molecule has 0 atom stereocenters. The van der Waals surface area contributed by atoms with Gasteiger partial charge in [-0.2, -0.15) is 0 Å². The summed E-state index contributed by atoms with van der Waals surface area (Å²) in [6, 6.07) is 13.8. The molecule has 1 amide bonds. The highest BCUT2D eigenvalue weighted by Crippen LogP contribution is 2.26. The van der Waals surface area contributed by atoms with Crippen LogP contribution in [0.5, 0.6) is 0 Å². The van der Waals surface area contributed by atoms with Crippen LogP contribution in [-0.2, 0) is 10.0 Å². The summed E-state index contributed by atoms with van der Waals surface area (Å²) in [6.45, 7) is 2.56. The number of aliphatic imine (C=N–C) groups is 1. The maximum absolute atomic E-state index is 12.9. The zero-order chi connectivity index (χ0) is 19.6. The first-order chi connectivity index (χ1) is 12.8. The van der Waals surface area contributed by atoms with Crippen LogP contribution in [0, 0.1) is 6.92 Å². The average Bonchev–Trinajstić information content (AvgIpc) is 3.11. The Labute approximate surface area is 163 Å². The van der Waals surface area contributed by atoms with Crippen molar-refractivity contribution < 1.29 is 13.2 Å². The van der Waals surface area contributed by atoms with Gasteiger partial charge >= 0.3 is 0 Å². The SMILES string of the molecule is Cc1ccccc1N=C1SCCN1C(=O)c1ccc(S(=O)(=O)N(C)C)cc1. The summed E-state index contributed by atoms with van der Waals surface area (Å²) in [5, 5.41) is 0.666. The number of hydrogen-bond acceptors (Lipinski definition) is 5. The molecule has 142 valence electrons. The zero-order valence-electron chi connectivity index (χ0n) is 15.4. The third-order valence-corrected chi connectivity index (χ3v) is 7.02. The summed E-state index contributed by atoms with van der Waals surface area (Å²) in [4.78, 5) is 19.4. The molecule has 1 heterocycles. The number of rotatable bonds is 4. The lowest BCUT2D eigenvalue weighted by Gasteiger charge is -2.17. The Kier molecular flexibility index (Phi) is 5.69. The minimum absolute atomic E-state index is 0.161. The number of benzene rings is 2. The van der Waals surface area contributed by atoms with Crippen LogP contribution in [0.25, 0.3) is 0 Å². The number of thioether (sulfide) groups is 1. The molecule has 0 saturated carbocycles. The summed E-state index contributed by atoms with van der Waals surface area (Å²) in [5.74, 6) is 0.602. The van der Waals surface area contributed by atoms with Crippen molar-refractivity contribution in [1.29, 1.82) is 0 Å². The summed E-state index contributed by atoms with van der Waals surface area (Å²) in [5.41, 5.74) is 2.32. The van der Waals surface area contributed by atoms with E-state index < -0.39 is 10.0 Å². The molecule has 0 bridgehead atoms. The number of aryl methyl sites for hydroxylation is 1. The van der Waals surface area contributed by atoms with Gasteiger partial charge in [-0.15, -0.1) is 0 Å². The van der Waals surface area contributed by atoms with Gasteiger partial charge in [-0.1, -0.05) is 30.0 Å². The van der Waals surface area contributed by atoms with Crippen molar-refractivity contribution in [2.45, 2.75) is 11.8 Å². The van der Waals surface area contributed by atoms with Crippen molar-refractivity contribution in [3.8, 4) is 0 Å². The summed E-state index contributed by atoms with van der Waals surface area (Å²) in [7, 11) is -0.561. The Balaban J connectivity index is 1.86. The summed E-state index contributed by atoms with van der Waals surface area (Å²) < 4.78 is 25.5. The van der Waals surface area contributed by atoms with Gasteiger partial charge in [0, 0.05) is 32.0 Å². The smallest absolute Gasteiger partial charge is 0.259 e. The third kappa shape index (κ3) is 4.07. The van der Waals surface area contributed by atoms with E-state index in [-0.39, 0.29) is 10.8 Å². The highest BCUT2D eigenvalue weighted by Gasteiger charge is 2.27. The van der Waals surface area contributed by atoms with E-state index in [1.165, 1.54) is 26.2 Å². The number of para-hydroxylation sites is 1.